The molecule has 0 saturated heterocycles. The van der Waals surface area contributed by atoms with Crippen molar-refractivity contribution in [2.75, 3.05) is 11.9 Å². The molecule has 0 aliphatic rings. The van der Waals surface area contributed by atoms with Gasteiger partial charge in [0.15, 0.2) is 0 Å². The Morgan fingerprint density at radius 3 is 2.72 bits per heavy atom. The third-order valence-electron chi connectivity index (χ3n) is 2.72. The molecule has 0 aromatic carbocycles. The minimum Gasteiger partial charge on any atom is -0.370 e. The molecular formula is C14H23N3O. The summed E-state index contributed by atoms with van der Waals surface area (Å²) in [5.41, 5.74) is 0.411. The van der Waals surface area contributed by atoms with Gasteiger partial charge >= 0.3 is 0 Å². The number of nitrogens with one attached hydrogen (secondary N) is 2. The molecule has 2 N–H and O–H groups in total. The normalized spacial score (nSPS) is 11.1. The van der Waals surface area contributed by atoms with E-state index in [2.05, 4.69) is 22.5 Å². The van der Waals surface area contributed by atoms with E-state index in [1.807, 2.05) is 20.8 Å². The number of hydrogen-bond donors (Lipinski definition) is 2. The minimum absolute atomic E-state index is 0.0718. The van der Waals surface area contributed by atoms with E-state index in [-0.39, 0.29) is 11.4 Å². The van der Waals surface area contributed by atoms with Crippen LogP contribution in [-0.4, -0.2) is 23.0 Å². The lowest BCUT2D eigenvalue weighted by molar-refractivity contribution is 0.0909. The Balaban J connectivity index is 2.84. The van der Waals surface area contributed by atoms with Crippen molar-refractivity contribution in [3.63, 3.8) is 0 Å². The van der Waals surface area contributed by atoms with E-state index in [1.54, 1.807) is 18.3 Å². The van der Waals surface area contributed by atoms with Gasteiger partial charge in [0.1, 0.15) is 5.82 Å². The fourth-order valence-corrected chi connectivity index (χ4v) is 1.96. The number of hydrogen-bond acceptors (Lipinski definition) is 3. The van der Waals surface area contributed by atoms with Gasteiger partial charge in [-0.2, -0.15) is 0 Å². The Hall–Kier alpha value is -1.58. The third-order valence-corrected chi connectivity index (χ3v) is 2.72. The van der Waals surface area contributed by atoms with E-state index in [0.29, 0.717) is 11.4 Å². The van der Waals surface area contributed by atoms with E-state index in [1.165, 1.54) is 0 Å². The van der Waals surface area contributed by atoms with Gasteiger partial charge in [-0.15, -0.1) is 0 Å². The predicted molar refractivity (Wildman–Crippen MR) is 74.9 cm³/mol. The number of amides is 1. The van der Waals surface area contributed by atoms with Crippen molar-refractivity contribution < 1.29 is 4.79 Å². The number of nitrogens with zero attached hydrogens (tertiary/aromatic N) is 1. The number of anilines is 1. The average molecular weight is 249 g/mol. The molecule has 0 radical (unpaired) electrons. The van der Waals surface area contributed by atoms with Gasteiger partial charge in [0, 0.05) is 18.3 Å². The highest BCUT2D eigenvalue weighted by Crippen LogP contribution is 2.15. The molecule has 4 heteroatoms. The molecule has 0 aliphatic carbocycles. The van der Waals surface area contributed by atoms with Crippen LogP contribution in [0.5, 0.6) is 0 Å². The number of carbonyl (C=O) groups excluding carboxylic acids is 1. The van der Waals surface area contributed by atoms with Gasteiger partial charge in [0.25, 0.3) is 5.91 Å². The zero-order valence-electron chi connectivity index (χ0n) is 11.7. The van der Waals surface area contributed by atoms with Crippen LogP contribution in [0.15, 0.2) is 18.3 Å². The van der Waals surface area contributed by atoms with Crippen LogP contribution < -0.4 is 10.6 Å². The quantitative estimate of drug-likeness (QED) is 0.815. The summed E-state index contributed by atoms with van der Waals surface area (Å²) in [7, 11) is 0. The monoisotopic (exact) mass is 249 g/mol. The van der Waals surface area contributed by atoms with Gasteiger partial charge in [0.2, 0.25) is 0 Å². The average Bonchev–Trinajstić information content (AvgIpc) is 2.29. The van der Waals surface area contributed by atoms with Crippen molar-refractivity contribution in [1.29, 1.82) is 0 Å². The predicted octanol–water partition coefficient (Wildman–Crippen LogP) is 2.82. The summed E-state index contributed by atoms with van der Waals surface area (Å²) in [5.74, 6) is 0.572. The first-order valence-electron chi connectivity index (χ1n) is 6.51. The maximum absolute atomic E-state index is 12.2. The summed E-state index contributed by atoms with van der Waals surface area (Å²) in [6.45, 7) is 8.92. The fourth-order valence-electron chi connectivity index (χ4n) is 1.96. The van der Waals surface area contributed by atoms with Gasteiger partial charge in [-0.3, -0.25) is 4.79 Å². The molecule has 1 amide bonds. The SMILES string of the molecule is CCCC(C)(C)NC(=O)c1cccnc1NCC. The van der Waals surface area contributed by atoms with Crippen molar-refractivity contribution in [3.8, 4) is 0 Å². The summed E-state index contributed by atoms with van der Waals surface area (Å²) in [4.78, 5) is 16.4. The molecule has 0 fully saturated rings. The third kappa shape index (κ3) is 4.02. The molecule has 18 heavy (non-hydrogen) atoms. The van der Waals surface area contributed by atoms with Crippen molar-refractivity contribution >= 4 is 11.7 Å². The number of pyridine rings is 1. The summed E-state index contributed by atoms with van der Waals surface area (Å²) >= 11 is 0. The Morgan fingerprint density at radius 2 is 2.11 bits per heavy atom. The summed E-state index contributed by atoms with van der Waals surface area (Å²) < 4.78 is 0. The Kier molecular flexibility index (Phi) is 5.13. The molecule has 0 aliphatic heterocycles. The molecule has 4 nitrogen and oxygen atoms in total. The largest absolute Gasteiger partial charge is 0.370 e. The van der Waals surface area contributed by atoms with Crippen molar-refractivity contribution in [2.24, 2.45) is 0 Å². The highest BCUT2D eigenvalue weighted by Gasteiger charge is 2.21. The second kappa shape index (κ2) is 6.38. The van der Waals surface area contributed by atoms with Gasteiger partial charge in [-0.05, 0) is 39.3 Å². The molecule has 1 heterocycles. The molecular weight excluding hydrogens is 226 g/mol. The molecule has 0 saturated carbocycles. The molecule has 1 rings (SSSR count). The minimum atomic E-state index is -0.189. The first-order valence-corrected chi connectivity index (χ1v) is 6.51. The lowest BCUT2D eigenvalue weighted by Crippen LogP contribution is -2.43. The molecule has 0 unspecified atom stereocenters. The van der Waals surface area contributed by atoms with Gasteiger partial charge in [-0.25, -0.2) is 4.98 Å². The van der Waals surface area contributed by atoms with Crippen LogP contribution in [0.3, 0.4) is 0 Å². The maximum atomic E-state index is 12.2. The standard InChI is InChI=1S/C14H23N3O/c1-5-9-14(3,4)17-13(18)11-8-7-10-16-12(11)15-6-2/h7-8,10H,5-6,9H2,1-4H3,(H,15,16)(H,17,18). The van der Waals surface area contributed by atoms with Gasteiger partial charge in [-0.1, -0.05) is 13.3 Å². The van der Waals surface area contributed by atoms with Crippen LogP contribution in [0.25, 0.3) is 0 Å². The number of aromatic nitrogens is 1. The summed E-state index contributed by atoms with van der Waals surface area (Å²) in [6, 6.07) is 3.57. The zero-order chi connectivity index (χ0) is 13.6. The van der Waals surface area contributed by atoms with Crippen LogP contribution in [0.1, 0.15) is 50.9 Å². The topological polar surface area (TPSA) is 54.0 Å². The number of rotatable bonds is 6. The molecule has 1 aromatic rings. The first-order chi connectivity index (χ1) is 8.50. The van der Waals surface area contributed by atoms with Crippen LogP contribution in [0.2, 0.25) is 0 Å². The van der Waals surface area contributed by atoms with Gasteiger partial charge in [0.05, 0.1) is 5.56 Å². The summed E-state index contributed by atoms with van der Waals surface area (Å²) in [6.07, 6.45) is 3.68. The fraction of sp³-hybridized carbons (Fsp3) is 0.571. The van der Waals surface area contributed by atoms with Crippen molar-refractivity contribution in [2.45, 2.75) is 46.1 Å². The highest BCUT2D eigenvalue weighted by atomic mass is 16.1. The lowest BCUT2D eigenvalue weighted by Gasteiger charge is -2.26. The Bertz CT molecular complexity index is 402. The van der Waals surface area contributed by atoms with Crippen LogP contribution >= 0.6 is 0 Å². The Morgan fingerprint density at radius 1 is 1.39 bits per heavy atom. The summed E-state index contributed by atoms with van der Waals surface area (Å²) in [5, 5.41) is 6.16. The van der Waals surface area contributed by atoms with E-state index >= 15 is 0 Å². The number of carbonyl (C=O) groups is 1. The van der Waals surface area contributed by atoms with Crippen LogP contribution in [-0.2, 0) is 0 Å². The van der Waals surface area contributed by atoms with E-state index < -0.39 is 0 Å². The van der Waals surface area contributed by atoms with Crippen molar-refractivity contribution in [3.05, 3.63) is 23.9 Å². The van der Waals surface area contributed by atoms with Crippen LogP contribution in [0, 0.1) is 0 Å². The van der Waals surface area contributed by atoms with Gasteiger partial charge < -0.3 is 10.6 Å². The van der Waals surface area contributed by atoms with Crippen LogP contribution in [0.4, 0.5) is 5.82 Å². The van der Waals surface area contributed by atoms with E-state index in [9.17, 15) is 4.79 Å². The molecule has 0 atom stereocenters. The highest BCUT2D eigenvalue weighted by molar-refractivity contribution is 5.99. The lowest BCUT2D eigenvalue weighted by atomic mass is 9.98. The maximum Gasteiger partial charge on any atom is 0.255 e. The Labute approximate surface area is 109 Å². The second-order valence-corrected chi connectivity index (χ2v) is 5.02. The van der Waals surface area contributed by atoms with E-state index in [4.69, 9.17) is 0 Å². The molecule has 0 spiro atoms. The molecule has 1 aromatic heterocycles. The second-order valence-electron chi connectivity index (χ2n) is 5.02. The van der Waals surface area contributed by atoms with Crippen molar-refractivity contribution in [1.82, 2.24) is 10.3 Å². The smallest absolute Gasteiger partial charge is 0.255 e. The molecule has 0 bridgehead atoms. The van der Waals surface area contributed by atoms with E-state index in [0.717, 1.165) is 19.4 Å². The zero-order valence-corrected chi connectivity index (χ0v) is 11.7. The molecule has 100 valence electrons. The first kappa shape index (κ1) is 14.5.